The summed E-state index contributed by atoms with van der Waals surface area (Å²) in [6.45, 7) is 3.66. The van der Waals surface area contributed by atoms with Crippen molar-refractivity contribution >= 4 is 11.9 Å². The van der Waals surface area contributed by atoms with Crippen molar-refractivity contribution < 1.29 is 26.3 Å². The average Bonchev–Trinajstić information content (AvgIpc) is 3.15. The lowest BCUT2D eigenvalue weighted by atomic mass is 10.1. The van der Waals surface area contributed by atoms with Crippen molar-refractivity contribution in [1.82, 2.24) is 4.57 Å². The number of hydrogen-bond donors (Lipinski definition) is 0. The van der Waals surface area contributed by atoms with Crippen molar-refractivity contribution in [3.05, 3.63) is 95.1 Å². The van der Waals surface area contributed by atoms with Crippen molar-refractivity contribution in [2.24, 2.45) is 0 Å². The Morgan fingerprint density at radius 1 is 1.08 bits per heavy atom. The van der Waals surface area contributed by atoms with Crippen LogP contribution in [0.15, 0.2) is 72.7 Å². The van der Waals surface area contributed by atoms with E-state index in [0.717, 1.165) is 23.4 Å². The molecule has 0 amide bonds. The van der Waals surface area contributed by atoms with Gasteiger partial charge in [0, 0.05) is 29.5 Å². The molecule has 4 heteroatoms. The fourth-order valence-corrected chi connectivity index (χ4v) is 3.14. The molecule has 3 heterocycles. The van der Waals surface area contributed by atoms with Gasteiger partial charge < -0.3 is 21.5 Å². The highest BCUT2D eigenvalue weighted by molar-refractivity contribution is 6.12. The van der Waals surface area contributed by atoms with Gasteiger partial charge in [0.2, 0.25) is 5.78 Å². The van der Waals surface area contributed by atoms with Gasteiger partial charge in [0.25, 0.3) is 0 Å². The van der Waals surface area contributed by atoms with E-state index in [1.54, 1.807) is 0 Å². The van der Waals surface area contributed by atoms with Gasteiger partial charge >= 0.3 is 0 Å². The maximum Gasteiger partial charge on any atom is 0.207 e. The van der Waals surface area contributed by atoms with Gasteiger partial charge in [-0.15, -0.1) is 0 Å². The van der Waals surface area contributed by atoms with Crippen molar-refractivity contribution in [3.8, 4) is 0 Å². The first kappa shape index (κ1) is 17.4. The number of rotatable bonds is 3. The van der Waals surface area contributed by atoms with Crippen molar-refractivity contribution in [2.75, 3.05) is 0 Å². The van der Waals surface area contributed by atoms with Gasteiger partial charge in [0.05, 0.1) is 12.2 Å². The third-order valence-corrected chi connectivity index (χ3v) is 4.57. The van der Waals surface area contributed by atoms with E-state index < -0.39 is 0 Å². The number of carbonyl (C=O) groups is 1. The second-order valence-corrected chi connectivity index (χ2v) is 6.25. The lowest BCUT2D eigenvalue weighted by Gasteiger charge is -2.02. The van der Waals surface area contributed by atoms with Crippen LogP contribution in [0.4, 0.5) is 0 Å². The van der Waals surface area contributed by atoms with Crippen molar-refractivity contribution in [2.45, 2.75) is 20.0 Å². The Morgan fingerprint density at radius 2 is 1.84 bits per heavy atom. The van der Waals surface area contributed by atoms with E-state index in [2.05, 4.69) is 60.3 Å². The molecule has 1 aliphatic heterocycles. The molecule has 0 bridgehead atoms. The molecule has 126 valence electrons. The minimum atomic E-state index is 0. The first-order valence-corrected chi connectivity index (χ1v) is 8.15. The van der Waals surface area contributed by atoms with Crippen LogP contribution in [0, 0.1) is 6.92 Å². The molecule has 4 rings (SSSR count). The van der Waals surface area contributed by atoms with Gasteiger partial charge in [-0.2, -0.15) is 0 Å². The summed E-state index contributed by atoms with van der Waals surface area (Å²) < 4.78 is 4.15. The predicted molar refractivity (Wildman–Crippen MR) is 93.7 cm³/mol. The Hall–Kier alpha value is -2.46. The van der Waals surface area contributed by atoms with Crippen LogP contribution in [0.3, 0.4) is 0 Å². The number of Topliss-reactive ketones (excluding diaryl/α,β-unsaturated/α-hetero) is 1. The first-order valence-electron chi connectivity index (χ1n) is 8.15. The van der Waals surface area contributed by atoms with Gasteiger partial charge in [-0.1, -0.05) is 24.3 Å². The monoisotopic (exact) mass is 394 g/mol. The SMILES string of the molecule is Cc1ccccc1C[n+]1ccc(/C=C2/Cn3cccc3C2=O)cc1.[Br-]. The molecule has 1 aliphatic rings. The van der Waals surface area contributed by atoms with Crippen LogP contribution >= 0.6 is 0 Å². The van der Waals surface area contributed by atoms with Crippen LogP contribution < -0.4 is 21.5 Å². The summed E-state index contributed by atoms with van der Waals surface area (Å²) in [5.74, 6) is 0.136. The minimum Gasteiger partial charge on any atom is -1.00 e. The van der Waals surface area contributed by atoms with E-state index in [-0.39, 0.29) is 22.8 Å². The van der Waals surface area contributed by atoms with Crippen LogP contribution in [-0.2, 0) is 13.1 Å². The second-order valence-electron chi connectivity index (χ2n) is 6.25. The molecule has 0 aliphatic carbocycles. The minimum absolute atomic E-state index is 0. The van der Waals surface area contributed by atoms with Crippen LogP contribution in [0.2, 0.25) is 0 Å². The third-order valence-electron chi connectivity index (χ3n) is 4.57. The fourth-order valence-electron chi connectivity index (χ4n) is 3.14. The van der Waals surface area contributed by atoms with Crippen LogP contribution in [-0.4, -0.2) is 10.4 Å². The van der Waals surface area contributed by atoms with Crippen LogP contribution in [0.5, 0.6) is 0 Å². The molecular weight excluding hydrogens is 376 g/mol. The van der Waals surface area contributed by atoms with Crippen molar-refractivity contribution in [3.63, 3.8) is 0 Å². The van der Waals surface area contributed by atoms with E-state index in [1.165, 1.54) is 11.1 Å². The lowest BCUT2D eigenvalue weighted by Crippen LogP contribution is -3.00. The number of hydrogen-bond acceptors (Lipinski definition) is 1. The number of benzene rings is 1. The number of allylic oxidation sites excluding steroid dienone is 1. The smallest absolute Gasteiger partial charge is 0.207 e. The Bertz CT molecular complexity index is 939. The van der Waals surface area contributed by atoms with Gasteiger partial charge in [0.1, 0.15) is 0 Å². The van der Waals surface area contributed by atoms with Crippen LogP contribution in [0.1, 0.15) is 27.2 Å². The van der Waals surface area contributed by atoms with Gasteiger partial charge in [-0.3, -0.25) is 4.79 Å². The third kappa shape index (κ3) is 3.49. The summed E-state index contributed by atoms with van der Waals surface area (Å²) in [6, 6.07) is 16.3. The zero-order chi connectivity index (χ0) is 16.5. The molecular formula is C21H19BrN2O. The highest BCUT2D eigenvalue weighted by Crippen LogP contribution is 2.22. The first-order chi connectivity index (χ1) is 11.7. The molecule has 25 heavy (non-hydrogen) atoms. The Kier molecular flexibility index (Phi) is 5.00. The number of aryl methyl sites for hydroxylation is 1. The van der Waals surface area contributed by atoms with E-state index in [1.807, 2.05) is 29.0 Å². The molecule has 3 aromatic rings. The summed E-state index contributed by atoms with van der Waals surface area (Å²) in [5.41, 5.74) is 5.31. The molecule has 0 fully saturated rings. The maximum atomic E-state index is 12.3. The molecule has 0 radical (unpaired) electrons. The predicted octanol–water partition coefficient (Wildman–Crippen LogP) is 0.416. The topological polar surface area (TPSA) is 25.9 Å². The van der Waals surface area contributed by atoms with Gasteiger partial charge in [-0.05, 0) is 36.3 Å². The molecule has 2 aromatic heterocycles. The molecule has 0 spiro atoms. The summed E-state index contributed by atoms with van der Waals surface area (Å²) in [5, 5.41) is 0. The largest absolute Gasteiger partial charge is 1.00 e. The molecule has 0 N–H and O–H groups in total. The number of carbonyl (C=O) groups excluding carboxylic acids is 1. The van der Waals surface area contributed by atoms with E-state index in [9.17, 15) is 4.79 Å². The highest BCUT2D eigenvalue weighted by Gasteiger charge is 2.23. The summed E-state index contributed by atoms with van der Waals surface area (Å²) in [6.07, 6.45) is 8.08. The average molecular weight is 395 g/mol. The number of pyridine rings is 1. The molecule has 3 nitrogen and oxygen atoms in total. The van der Waals surface area contributed by atoms with Gasteiger partial charge in [0.15, 0.2) is 18.9 Å². The standard InChI is InChI=1S/C21H19N2O.BrH/c1-16-5-2-3-6-18(16)14-22-11-8-17(9-12-22)13-19-15-23-10-4-7-20(23)21(19)24;/h2-13H,14-15H2,1H3;1H/q+1;/p-1/b19-13-;. The number of ketones is 1. The number of aromatic nitrogens is 2. The van der Waals surface area contributed by atoms with Crippen molar-refractivity contribution in [1.29, 1.82) is 0 Å². The molecule has 0 unspecified atom stereocenters. The normalized spacial score (nSPS) is 14.4. The van der Waals surface area contributed by atoms with E-state index in [4.69, 9.17) is 0 Å². The molecule has 0 saturated carbocycles. The Labute approximate surface area is 158 Å². The maximum absolute atomic E-state index is 12.3. The zero-order valence-corrected chi connectivity index (χ0v) is 15.6. The molecule has 0 atom stereocenters. The quantitative estimate of drug-likeness (QED) is 0.466. The highest BCUT2D eigenvalue weighted by atomic mass is 79.9. The summed E-state index contributed by atoms with van der Waals surface area (Å²) in [7, 11) is 0. The number of halogens is 1. The number of nitrogens with zero attached hydrogens (tertiary/aromatic N) is 2. The Balaban J connectivity index is 0.00000182. The van der Waals surface area contributed by atoms with E-state index >= 15 is 0 Å². The second kappa shape index (κ2) is 7.19. The number of fused-ring (bicyclic) bond motifs is 1. The van der Waals surface area contributed by atoms with E-state index in [0.29, 0.717) is 6.54 Å². The fraction of sp³-hybridized carbons (Fsp3) is 0.143. The van der Waals surface area contributed by atoms with Gasteiger partial charge in [-0.25, -0.2) is 4.57 Å². The molecule has 0 saturated heterocycles. The zero-order valence-electron chi connectivity index (χ0n) is 14.0. The lowest BCUT2D eigenvalue weighted by molar-refractivity contribution is -0.688. The summed E-state index contributed by atoms with van der Waals surface area (Å²) in [4.78, 5) is 12.3. The van der Waals surface area contributed by atoms with Crippen LogP contribution in [0.25, 0.3) is 6.08 Å². The molecule has 1 aromatic carbocycles. The Morgan fingerprint density at radius 3 is 2.56 bits per heavy atom. The summed E-state index contributed by atoms with van der Waals surface area (Å²) >= 11 is 0.